The SMILES string of the molecule is COCc1ccccc1O[C@H]1C[C@H]2CC[C@@H](C1)N2C(=O)OC(C)(C)C. The van der Waals surface area contributed by atoms with Gasteiger partial charge in [0.1, 0.15) is 17.5 Å². The summed E-state index contributed by atoms with van der Waals surface area (Å²) in [5.74, 6) is 0.888. The van der Waals surface area contributed by atoms with E-state index in [4.69, 9.17) is 14.2 Å². The Labute approximate surface area is 150 Å². The highest BCUT2D eigenvalue weighted by Crippen LogP contribution is 2.38. The van der Waals surface area contributed by atoms with Crippen LogP contribution in [0.15, 0.2) is 24.3 Å². The van der Waals surface area contributed by atoms with Crippen LogP contribution in [0.5, 0.6) is 5.75 Å². The second kappa shape index (κ2) is 7.24. The lowest BCUT2D eigenvalue weighted by molar-refractivity contribution is -0.00734. The number of piperidine rings is 1. The van der Waals surface area contributed by atoms with Crippen molar-refractivity contribution in [2.75, 3.05) is 7.11 Å². The third-order valence-corrected chi connectivity index (χ3v) is 4.86. The smallest absolute Gasteiger partial charge is 0.410 e. The fraction of sp³-hybridized carbons (Fsp3) is 0.650. The molecule has 2 aliphatic heterocycles. The lowest BCUT2D eigenvalue weighted by Crippen LogP contribution is -2.50. The molecule has 2 heterocycles. The predicted molar refractivity (Wildman–Crippen MR) is 95.7 cm³/mol. The van der Waals surface area contributed by atoms with Gasteiger partial charge in [0.25, 0.3) is 0 Å². The lowest BCUT2D eigenvalue weighted by Gasteiger charge is -2.39. The van der Waals surface area contributed by atoms with Crippen molar-refractivity contribution in [3.8, 4) is 5.75 Å². The second-order valence-corrected chi connectivity index (χ2v) is 8.02. The zero-order valence-corrected chi connectivity index (χ0v) is 15.7. The average molecular weight is 347 g/mol. The molecule has 5 nitrogen and oxygen atoms in total. The first-order valence-corrected chi connectivity index (χ1v) is 9.12. The van der Waals surface area contributed by atoms with Gasteiger partial charge in [0, 0.05) is 37.6 Å². The molecule has 2 saturated heterocycles. The molecule has 2 bridgehead atoms. The summed E-state index contributed by atoms with van der Waals surface area (Å²) in [6.45, 7) is 6.28. The topological polar surface area (TPSA) is 48.0 Å². The van der Waals surface area contributed by atoms with Crippen molar-refractivity contribution in [1.82, 2.24) is 4.90 Å². The molecular weight excluding hydrogens is 318 g/mol. The molecule has 2 aliphatic rings. The van der Waals surface area contributed by atoms with Crippen molar-refractivity contribution in [3.05, 3.63) is 29.8 Å². The van der Waals surface area contributed by atoms with Crippen LogP contribution in [0.1, 0.15) is 52.0 Å². The van der Waals surface area contributed by atoms with Gasteiger partial charge in [0.15, 0.2) is 0 Å². The highest BCUT2D eigenvalue weighted by molar-refractivity contribution is 5.69. The number of ether oxygens (including phenoxy) is 3. The summed E-state index contributed by atoms with van der Waals surface area (Å²) in [5.41, 5.74) is 0.607. The van der Waals surface area contributed by atoms with Crippen LogP contribution < -0.4 is 4.74 Å². The minimum atomic E-state index is -0.455. The number of rotatable bonds is 4. The van der Waals surface area contributed by atoms with Gasteiger partial charge in [-0.15, -0.1) is 0 Å². The molecule has 1 aromatic rings. The summed E-state index contributed by atoms with van der Waals surface area (Å²) in [7, 11) is 1.69. The number of para-hydroxylation sites is 1. The van der Waals surface area contributed by atoms with Crippen molar-refractivity contribution in [3.63, 3.8) is 0 Å². The molecule has 138 valence electrons. The molecule has 0 spiro atoms. The Kier molecular flexibility index (Phi) is 5.23. The summed E-state index contributed by atoms with van der Waals surface area (Å²) < 4.78 is 17.1. The fourth-order valence-electron chi connectivity index (χ4n) is 3.91. The number of hydrogen-bond acceptors (Lipinski definition) is 4. The van der Waals surface area contributed by atoms with Gasteiger partial charge >= 0.3 is 6.09 Å². The minimum Gasteiger partial charge on any atom is -0.490 e. The molecule has 3 rings (SSSR count). The molecule has 0 saturated carbocycles. The molecule has 2 fully saturated rings. The second-order valence-electron chi connectivity index (χ2n) is 8.02. The van der Waals surface area contributed by atoms with Crippen LogP contribution in [0.2, 0.25) is 0 Å². The molecule has 0 aliphatic carbocycles. The maximum absolute atomic E-state index is 12.5. The molecule has 1 amide bonds. The first-order valence-electron chi connectivity index (χ1n) is 9.12. The van der Waals surface area contributed by atoms with Crippen LogP contribution in [0.3, 0.4) is 0 Å². The van der Waals surface area contributed by atoms with E-state index in [9.17, 15) is 4.79 Å². The Morgan fingerprint density at radius 1 is 1.16 bits per heavy atom. The van der Waals surface area contributed by atoms with Crippen LogP contribution in [0, 0.1) is 0 Å². The first-order chi connectivity index (χ1) is 11.9. The van der Waals surface area contributed by atoms with Gasteiger partial charge in [-0.25, -0.2) is 4.79 Å². The molecule has 0 N–H and O–H groups in total. The quantitative estimate of drug-likeness (QED) is 0.821. The van der Waals surface area contributed by atoms with Gasteiger partial charge in [-0.2, -0.15) is 0 Å². The molecule has 25 heavy (non-hydrogen) atoms. The maximum Gasteiger partial charge on any atom is 0.410 e. The number of fused-ring (bicyclic) bond motifs is 2. The Balaban J connectivity index is 1.65. The van der Waals surface area contributed by atoms with E-state index in [1.54, 1.807) is 7.11 Å². The summed E-state index contributed by atoms with van der Waals surface area (Å²) in [6, 6.07) is 8.44. The molecular formula is C20H29NO4. The summed E-state index contributed by atoms with van der Waals surface area (Å²) in [5, 5.41) is 0. The van der Waals surface area contributed by atoms with Crippen LogP contribution >= 0.6 is 0 Å². The van der Waals surface area contributed by atoms with E-state index in [-0.39, 0.29) is 24.3 Å². The Morgan fingerprint density at radius 2 is 1.80 bits per heavy atom. The van der Waals surface area contributed by atoms with E-state index in [2.05, 4.69) is 0 Å². The number of carbonyl (C=O) groups is 1. The van der Waals surface area contributed by atoms with E-state index < -0.39 is 5.60 Å². The third kappa shape index (κ3) is 4.27. The maximum atomic E-state index is 12.5. The molecule has 0 aromatic heterocycles. The van der Waals surface area contributed by atoms with Gasteiger partial charge in [0.2, 0.25) is 0 Å². The van der Waals surface area contributed by atoms with Gasteiger partial charge in [0.05, 0.1) is 6.61 Å². The minimum absolute atomic E-state index is 0.134. The normalized spacial score (nSPS) is 25.8. The van der Waals surface area contributed by atoms with E-state index >= 15 is 0 Å². The predicted octanol–water partition coefficient (Wildman–Crippen LogP) is 4.14. The number of benzene rings is 1. The Hall–Kier alpha value is -1.75. The fourth-order valence-corrected chi connectivity index (χ4v) is 3.91. The van der Waals surface area contributed by atoms with Crippen molar-refractivity contribution in [1.29, 1.82) is 0 Å². The molecule has 3 atom stereocenters. The molecule has 0 radical (unpaired) electrons. The van der Waals surface area contributed by atoms with Crippen molar-refractivity contribution >= 4 is 6.09 Å². The number of carbonyl (C=O) groups excluding carboxylic acids is 1. The summed E-state index contributed by atoms with van der Waals surface area (Å²) in [6.07, 6.45) is 3.73. The van der Waals surface area contributed by atoms with Crippen molar-refractivity contribution in [2.45, 2.75) is 76.9 Å². The number of amides is 1. The molecule has 0 unspecified atom stereocenters. The van der Waals surface area contributed by atoms with Gasteiger partial charge in [-0.05, 0) is 39.7 Å². The van der Waals surface area contributed by atoms with Gasteiger partial charge < -0.3 is 19.1 Å². The zero-order chi connectivity index (χ0) is 18.0. The number of nitrogens with zero attached hydrogens (tertiary/aromatic N) is 1. The number of methoxy groups -OCH3 is 1. The highest BCUT2D eigenvalue weighted by atomic mass is 16.6. The standard InChI is InChI=1S/C20H29NO4/c1-20(2,3)25-19(22)21-15-9-10-16(21)12-17(11-15)24-18-8-6-5-7-14(18)13-23-4/h5-8,15-17H,9-13H2,1-4H3/t15-,16+,17+. The van der Waals surface area contributed by atoms with Crippen LogP contribution in [0.4, 0.5) is 4.79 Å². The average Bonchev–Trinajstić information content (AvgIpc) is 2.79. The van der Waals surface area contributed by atoms with Crippen LogP contribution in [-0.2, 0) is 16.1 Å². The molecule has 1 aromatic carbocycles. The van der Waals surface area contributed by atoms with Crippen molar-refractivity contribution in [2.24, 2.45) is 0 Å². The van der Waals surface area contributed by atoms with Gasteiger partial charge in [-0.1, -0.05) is 18.2 Å². The highest BCUT2D eigenvalue weighted by Gasteiger charge is 2.45. The molecule has 5 heteroatoms. The summed E-state index contributed by atoms with van der Waals surface area (Å²) >= 11 is 0. The summed E-state index contributed by atoms with van der Waals surface area (Å²) in [4.78, 5) is 14.5. The monoisotopic (exact) mass is 347 g/mol. The van der Waals surface area contributed by atoms with E-state index in [1.807, 2.05) is 49.9 Å². The van der Waals surface area contributed by atoms with Gasteiger partial charge in [-0.3, -0.25) is 0 Å². The zero-order valence-electron chi connectivity index (χ0n) is 15.7. The number of hydrogen-bond donors (Lipinski definition) is 0. The van der Waals surface area contributed by atoms with Crippen molar-refractivity contribution < 1.29 is 19.0 Å². The Bertz CT molecular complexity index is 596. The van der Waals surface area contributed by atoms with E-state index in [1.165, 1.54) is 0 Å². The third-order valence-electron chi connectivity index (χ3n) is 4.86. The lowest BCUT2D eigenvalue weighted by atomic mass is 10.00. The van der Waals surface area contributed by atoms with Crippen LogP contribution in [0.25, 0.3) is 0 Å². The Morgan fingerprint density at radius 3 is 2.40 bits per heavy atom. The van der Waals surface area contributed by atoms with E-state index in [0.29, 0.717) is 6.61 Å². The largest absolute Gasteiger partial charge is 0.490 e. The van der Waals surface area contributed by atoms with Crippen LogP contribution in [-0.4, -0.2) is 41.9 Å². The first kappa shape index (κ1) is 18.1. The van der Waals surface area contributed by atoms with E-state index in [0.717, 1.165) is 37.0 Å².